The second-order valence-electron chi connectivity index (χ2n) is 4.79. The molecule has 1 saturated heterocycles. The summed E-state index contributed by atoms with van der Waals surface area (Å²) in [5.74, 6) is 1.61. The van der Waals surface area contributed by atoms with E-state index in [1.165, 1.54) is 0 Å². The maximum atomic E-state index is 11.8. The minimum atomic E-state index is -0.772. The van der Waals surface area contributed by atoms with Crippen LogP contribution in [0.15, 0.2) is 18.2 Å². The zero-order chi connectivity index (χ0) is 13.9. The molecule has 1 aliphatic heterocycles. The number of carbonyl (C=O) groups excluding carboxylic acids is 1. The molecule has 4 nitrogen and oxygen atoms in total. The van der Waals surface area contributed by atoms with Gasteiger partial charge in [-0.2, -0.15) is 11.8 Å². The third kappa shape index (κ3) is 4.03. The van der Waals surface area contributed by atoms with Gasteiger partial charge in [0.05, 0.1) is 5.60 Å². The van der Waals surface area contributed by atoms with Crippen LogP contribution in [0.2, 0.25) is 5.02 Å². The van der Waals surface area contributed by atoms with Gasteiger partial charge in [-0.05, 0) is 36.8 Å². The number of hydrogen-bond acceptors (Lipinski definition) is 3. The molecule has 2 amide bonds. The van der Waals surface area contributed by atoms with Crippen molar-refractivity contribution in [1.29, 1.82) is 0 Å². The van der Waals surface area contributed by atoms with Crippen molar-refractivity contribution < 1.29 is 9.90 Å². The number of urea groups is 1. The first-order valence-corrected chi connectivity index (χ1v) is 7.63. The highest BCUT2D eigenvalue weighted by Crippen LogP contribution is 2.27. The van der Waals surface area contributed by atoms with E-state index in [4.69, 9.17) is 11.6 Å². The van der Waals surface area contributed by atoms with Gasteiger partial charge in [0.15, 0.2) is 0 Å². The fraction of sp³-hybridized carbons (Fsp3) is 0.462. The average Bonchev–Trinajstić information content (AvgIpc) is 2.79. The summed E-state index contributed by atoms with van der Waals surface area (Å²) in [5.41, 5.74) is 0.846. The van der Waals surface area contributed by atoms with Crippen LogP contribution in [0.4, 0.5) is 10.5 Å². The zero-order valence-corrected chi connectivity index (χ0v) is 12.3. The van der Waals surface area contributed by atoms with Gasteiger partial charge >= 0.3 is 6.03 Å². The first-order chi connectivity index (χ1) is 8.98. The molecule has 1 heterocycles. The van der Waals surface area contributed by atoms with E-state index in [2.05, 4.69) is 10.6 Å². The number of rotatable bonds is 3. The number of carbonyl (C=O) groups is 1. The molecule has 0 radical (unpaired) electrons. The lowest BCUT2D eigenvalue weighted by molar-refractivity contribution is 0.0706. The van der Waals surface area contributed by atoms with Gasteiger partial charge < -0.3 is 15.7 Å². The summed E-state index contributed by atoms with van der Waals surface area (Å²) in [6.45, 7) is 2.17. The van der Waals surface area contributed by atoms with E-state index in [1.54, 1.807) is 23.9 Å². The van der Waals surface area contributed by atoms with Crippen molar-refractivity contribution in [3.8, 4) is 0 Å². The van der Waals surface area contributed by atoms with E-state index in [1.807, 2.05) is 13.0 Å². The minimum Gasteiger partial charge on any atom is -0.387 e. The number of thioether (sulfide) groups is 1. The van der Waals surface area contributed by atoms with Crippen LogP contribution in [0, 0.1) is 6.92 Å². The molecule has 0 aromatic heterocycles. The molecule has 19 heavy (non-hydrogen) atoms. The van der Waals surface area contributed by atoms with Crippen molar-refractivity contribution >= 4 is 35.1 Å². The fourth-order valence-electron chi connectivity index (χ4n) is 1.88. The summed E-state index contributed by atoms with van der Waals surface area (Å²) in [6, 6.07) is 5.00. The van der Waals surface area contributed by atoms with Crippen LogP contribution < -0.4 is 10.6 Å². The van der Waals surface area contributed by atoms with Crippen molar-refractivity contribution in [2.75, 3.05) is 23.4 Å². The number of benzene rings is 1. The monoisotopic (exact) mass is 300 g/mol. The summed E-state index contributed by atoms with van der Waals surface area (Å²) in [5, 5.41) is 16.1. The van der Waals surface area contributed by atoms with Crippen LogP contribution in [0.25, 0.3) is 0 Å². The van der Waals surface area contributed by atoms with E-state index in [0.717, 1.165) is 11.3 Å². The highest BCUT2D eigenvalue weighted by atomic mass is 35.5. The van der Waals surface area contributed by atoms with Crippen LogP contribution >= 0.6 is 23.4 Å². The molecular formula is C13H17ClN2O2S. The molecule has 1 fully saturated rings. The summed E-state index contributed by atoms with van der Waals surface area (Å²) in [7, 11) is 0. The molecule has 0 saturated carbocycles. The molecule has 3 N–H and O–H groups in total. The van der Waals surface area contributed by atoms with Gasteiger partial charge in [-0.25, -0.2) is 4.79 Å². The highest BCUT2D eigenvalue weighted by Gasteiger charge is 2.31. The number of halogens is 1. The lowest BCUT2D eigenvalue weighted by Gasteiger charge is -2.21. The maximum Gasteiger partial charge on any atom is 0.319 e. The van der Waals surface area contributed by atoms with Crippen molar-refractivity contribution in [3.05, 3.63) is 28.8 Å². The van der Waals surface area contributed by atoms with Crippen LogP contribution in [0.3, 0.4) is 0 Å². The molecule has 0 aliphatic carbocycles. The Labute approximate surface area is 121 Å². The Morgan fingerprint density at radius 3 is 3.05 bits per heavy atom. The summed E-state index contributed by atoms with van der Waals surface area (Å²) in [6.07, 6.45) is 0.716. The molecule has 0 spiro atoms. The molecule has 6 heteroatoms. The summed E-state index contributed by atoms with van der Waals surface area (Å²) >= 11 is 7.59. The second-order valence-corrected chi connectivity index (χ2v) is 6.34. The Balaban J connectivity index is 1.89. The molecular weight excluding hydrogens is 284 g/mol. The fourth-order valence-corrected chi connectivity index (χ4v) is 3.34. The molecule has 1 unspecified atom stereocenters. The maximum absolute atomic E-state index is 11.8. The third-order valence-corrected chi connectivity index (χ3v) is 4.58. The number of aliphatic hydroxyl groups is 1. The SMILES string of the molecule is Cc1ccc(Cl)cc1NC(=O)NCC1(O)CCSC1. The standard InChI is InChI=1S/C13H17ClN2O2S/c1-9-2-3-10(14)6-11(9)16-12(17)15-7-13(18)4-5-19-8-13/h2-3,6,18H,4-5,7-8H2,1H3,(H2,15,16,17). The van der Waals surface area contributed by atoms with Crippen LogP contribution in [-0.4, -0.2) is 34.8 Å². The van der Waals surface area contributed by atoms with Crippen LogP contribution in [0.1, 0.15) is 12.0 Å². The van der Waals surface area contributed by atoms with E-state index >= 15 is 0 Å². The smallest absolute Gasteiger partial charge is 0.319 e. The molecule has 1 aromatic rings. The van der Waals surface area contributed by atoms with Gasteiger partial charge in [0.1, 0.15) is 0 Å². The Morgan fingerprint density at radius 2 is 2.37 bits per heavy atom. The second kappa shape index (κ2) is 6.03. The number of anilines is 1. The zero-order valence-electron chi connectivity index (χ0n) is 10.7. The molecule has 0 bridgehead atoms. The van der Waals surface area contributed by atoms with Gasteiger partial charge in [-0.3, -0.25) is 0 Å². The van der Waals surface area contributed by atoms with Crippen LogP contribution in [-0.2, 0) is 0 Å². The van der Waals surface area contributed by atoms with Crippen molar-refractivity contribution in [2.45, 2.75) is 18.9 Å². The van der Waals surface area contributed by atoms with Crippen molar-refractivity contribution in [1.82, 2.24) is 5.32 Å². The summed E-state index contributed by atoms with van der Waals surface area (Å²) in [4.78, 5) is 11.8. The third-order valence-electron chi connectivity index (χ3n) is 3.11. The number of nitrogens with one attached hydrogen (secondary N) is 2. The van der Waals surface area contributed by atoms with Crippen LogP contribution in [0.5, 0.6) is 0 Å². The topological polar surface area (TPSA) is 61.4 Å². The first kappa shape index (κ1) is 14.5. The number of amides is 2. The Morgan fingerprint density at radius 1 is 1.58 bits per heavy atom. The lowest BCUT2D eigenvalue weighted by atomic mass is 10.0. The van der Waals surface area contributed by atoms with Crippen molar-refractivity contribution in [2.24, 2.45) is 0 Å². The average molecular weight is 301 g/mol. The van der Waals surface area contributed by atoms with E-state index in [9.17, 15) is 9.90 Å². The minimum absolute atomic E-state index is 0.269. The quantitative estimate of drug-likeness (QED) is 0.804. The van der Waals surface area contributed by atoms with Gasteiger partial charge in [0.2, 0.25) is 0 Å². The van der Waals surface area contributed by atoms with Gasteiger partial charge in [0, 0.05) is 23.0 Å². The summed E-state index contributed by atoms with van der Waals surface area (Å²) < 4.78 is 0. The molecule has 1 aliphatic rings. The highest BCUT2D eigenvalue weighted by molar-refractivity contribution is 7.99. The lowest BCUT2D eigenvalue weighted by Crippen LogP contribution is -2.44. The van der Waals surface area contributed by atoms with Gasteiger partial charge in [-0.15, -0.1) is 0 Å². The Bertz CT molecular complexity index is 476. The normalized spacial score (nSPS) is 22.3. The van der Waals surface area contributed by atoms with E-state index in [-0.39, 0.29) is 12.6 Å². The van der Waals surface area contributed by atoms with E-state index in [0.29, 0.717) is 22.9 Å². The Hall–Kier alpha value is -0.910. The largest absolute Gasteiger partial charge is 0.387 e. The predicted octanol–water partition coefficient (Wildman–Crippen LogP) is 2.64. The van der Waals surface area contributed by atoms with E-state index < -0.39 is 5.60 Å². The first-order valence-electron chi connectivity index (χ1n) is 6.10. The molecule has 1 aromatic carbocycles. The molecule has 1 atom stereocenters. The molecule has 2 rings (SSSR count). The predicted molar refractivity (Wildman–Crippen MR) is 80.1 cm³/mol. The van der Waals surface area contributed by atoms with Gasteiger partial charge in [0.25, 0.3) is 0 Å². The van der Waals surface area contributed by atoms with Gasteiger partial charge in [-0.1, -0.05) is 17.7 Å². The molecule has 104 valence electrons. The number of hydrogen-bond donors (Lipinski definition) is 3. The Kier molecular flexibility index (Phi) is 4.60. The number of aryl methyl sites for hydroxylation is 1. The van der Waals surface area contributed by atoms with Crippen molar-refractivity contribution in [3.63, 3.8) is 0 Å².